The third kappa shape index (κ3) is 5.05. The molecule has 1 aliphatic rings. The predicted molar refractivity (Wildman–Crippen MR) is 262 cm³/mol. The van der Waals surface area contributed by atoms with Crippen molar-refractivity contribution in [1.29, 1.82) is 0 Å². The van der Waals surface area contributed by atoms with Crippen LogP contribution < -0.4 is 0 Å². The van der Waals surface area contributed by atoms with E-state index in [1.807, 2.05) is 0 Å². The largest absolute Gasteiger partial charge is 0.333 e. The first kappa shape index (κ1) is 34.4. The lowest BCUT2D eigenvalue weighted by molar-refractivity contribution is 0.636. The SMILES string of the molecule is C1=CC(n2c3ccccc3c3cc4ccccc4cc32)Cc2cc3c(cc21)c1ccccc1n3-c1nc(-c2ccc3c4ccccc4n(-c4ccccc4)c3c2)nc2ccccc12. The smallest absolute Gasteiger partial charge is 0.162 e. The molecule has 4 heterocycles. The Hall–Kier alpha value is -8.28. The summed E-state index contributed by atoms with van der Waals surface area (Å²) < 4.78 is 7.31. The average Bonchev–Trinajstić information content (AvgIpc) is 3.97. The molecule has 0 saturated heterocycles. The Kier molecular flexibility index (Phi) is 7.17. The maximum absolute atomic E-state index is 5.56. The minimum Gasteiger partial charge on any atom is -0.333 e. The van der Waals surface area contributed by atoms with E-state index < -0.39 is 0 Å². The number of nitrogens with zero attached hydrogens (tertiary/aromatic N) is 5. The summed E-state index contributed by atoms with van der Waals surface area (Å²) in [5.74, 6) is 1.57. The van der Waals surface area contributed by atoms with E-state index in [4.69, 9.17) is 9.97 Å². The Balaban J connectivity index is 0.968. The van der Waals surface area contributed by atoms with Crippen LogP contribution >= 0.6 is 0 Å². The summed E-state index contributed by atoms with van der Waals surface area (Å²) in [6, 6.07) is 70.5. The third-order valence-corrected chi connectivity index (χ3v) is 13.5. The first-order chi connectivity index (χ1) is 31.2. The second kappa shape index (κ2) is 13.1. The second-order valence-electron chi connectivity index (χ2n) is 17.0. The first-order valence-electron chi connectivity index (χ1n) is 21.8. The standard InChI is InChI=1S/C58H37N5/c1-2-16-41(17-3-1)61-51-23-11-7-18-43(51)46-29-27-39(34-54(46)61)57-59-50-22-10-6-21-47(50)58(60-57)63-53-25-13-9-20-45(53)49-32-38-26-28-42(30-40(38)35-56(49)63)62-52-24-12-8-19-44(52)48-31-36-14-4-5-15-37(36)33-55(48)62/h1-29,31-35,42H,30H2. The van der Waals surface area contributed by atoms with Crippen molar-refractivity contribution in [2.24, 2.45) is 0 Å². The summed E-state index contributed by atoms with van der Waals surface area (Å²) in [7, 11) is 0. The highest BCUT2D eigenvalue weighted by molar-refractivity contribution is 6.14. The molecule has 0 N–H and O–H groups in total. The second-order valence-corrected chi connectivity index (χ2v) is 17.0. The fourth-order valence-corrected chi connectivity index (χ4v) is 10.7. The Morgan fingerprint density at radius 3 is 1.83 bits per heavy atom. The Morgan fingerprint density at radius 1 is 0.413 bits per heavy atom. The van der Waals surface area contributed by atoms with Gasteiger partial charge in [-0.15, -0.1) is 0 Å². The highest BCUT2D eigenvalue weighted by Crippen LogP contribution is 2.42. The van der Waals surface area contributed by atoms with Crippen molar-refractivity contribution in [3.05, 3.63) is 211 Å². The van der Waals surface area contributed by atoms with Crippen LogP contribution in [0.4, 0.5) is 0 Å². The van der Waals surface area contributed by atoms with Gasteiger partial charge < -0.3 is 9.13 Å². The van der Waals surface area contributed by atoms with Crippen molar-refractivity contribution in [3.63, 3.8) is 0 Å². The fourth-order valence-electron chi connectivity index (χ4n) is 10.7. The highest BCUT2D eigenvalue weighted by Gasteiger charge is 2.25. The van der Waals surface area contributed by atoms with Crippen LogP contribution in [0.2, 0.25) is 0 Å². The lowest BCUT2D eigenvalue weighted by Gasteiger charge is -2.24. The van der Waals surface area contributed by atoms with Crippen LogP contribution in [0, 0.1) is 0 Å². The molecule has 1 unspecified atom stereocenters. The van der Waals surface area contributed by atoms with E-state index in [1.165, 1.54) is 70.8 Å². The molecular weight excluding hydrogens is 767 g/mol. The molecule has 0 amide bonds. The number of fused-ring (bicyclic) bond motifs is 12. The maximum Gasteiger partial charge on any atom is 0.162 e. The van der Waals surface area contributed by atoms with E-state index in [2.05, 4.69) is 220 Å². The number of hydrogen-bond donors (Lipinski definition) is 0. The van der Waals surface area contributed by atoms with Crippen LogP contribution in [0.1, 0.15) is 17.2 Å². The van der Waals surface area contributed by atoms with E-state index in [1.54, 1.807) is 0 Å². The van der Waals surface area contributed by atoms with Crippen molar-refractivity contribution in [1.82, 2.24) is 23.7 Å². The predicted octanol–water partition coefficient (Wildman–Crippen LogP) is 14.6. The zero-order valence-corrected chi connectivity index (χ0v) is 34.2. The van der Waals surface area contributed by atoms with Crippen molar-refractivity contribution < 1.29 is 0 Å². The van der Waals surface area contributed by atoms with Crippen molar-refractivity contribution in [3.8, 4) is 22.9 Å². The van der Waals surface area contributed by atoms with Crippen LogP contribution in [0.25, 0.3) is 116 Å². The summed E-state index contributed by atoms with van der Waals surface area (Å²) in [6.07, 6.45) is 5.63. The van der Waals surface area contributed by atoms with E-state index in [0.717, 1.165) is 50.9 Å². The van der Waals surface area contributed by atoms with Gasteiger partial charge in [-0.1, -0.05) is 133 Å². The molecule has 1 atom stereocenters. The van der Waals surface area contributed by atoms with Crippen LogP contribution in [-0.4, -0.2) is 23.7 Å². The van der Waals surface area contributed by atoms with Gasteiger partial charge in [0.2, 0.25) is 0 Å². The van der Waals surface area contributed by atoms with E-state index >= 15 is 0 Å². The molecule has 0 bridgehead atoms. The van der Waals surface area contributed by atoms with Crippen molar-refractivity contribution in [2.75, 3.05) is 0 Å². The van der Waals surface area contributed by atoms with E-state index in [0.29, 0.717) is 5.82 Å². The molecule has 63 heavy (non-hydrogen) atoms. The molecule has 9 aromatic carbocycles. The van der Waals surface area contributed by atoms with Gasteiger partial charge >= 0.3 is 0 Å². The lowest BCUT2D eigenvalue weighted by Crippen LogP contribution is -2.13. The zero-order chi connectivity index (χ0) is 41.2. The first-order valence-corrected chi connectivity index (χ1v) is 21.8. The maximum atomic E-state index is 5.56. The number of para-hydroxylation sites is 5. The highest BCUT2D eigenvalue weighted by atomic mass is 15.1. The Bertz CT molecular complexity index is 4070. The number of benzene rings is 9. The van der Waals surface area contributed by atoms with Crippen molar-refractivity contribution in [2.45, 2.75) is 12.5 Å². The van der Waals surface area contributed by atoms with Crippen LogP contribution in [-0.2, 0) is 6.42 Å². The molecule has 294 valence electrons. The van der Waals surface area contributed by atoms with Gasteiger partial charge in [-0.2, -0.15) is 0 Å². The quantitative estimate of drug-likeness (QED) is 0.178. The molecule has 0 fully saturated rings. The van der Waals surface area contributed by atoms with E-state index in [-0.39, 0.29) is 6.04 Å². The number of allylic oxidation sites excluding steroid dienone is 1. The normalized spacial score (nSPS) is 14.1. The zero-order valence-electron chi connectivity index (χ0n) is 34.2. The summed E-state index contributed by atoms with van der Waals surface area (Å²) in [5.41, 5.74) is 12.7. The molecule has 0 spiro atoms. The molecule has 13 aromatic rings. The third-order valence-electron chi connectivity index (χ3n) is 13.5. The average molecular weight is 804 g/mol. The number of rotatable bonds is 4. The van der Waals surface area contributed by atoms with E-state index in [9.17, 15) is 0 Å². The topological polar surface area (TPSA) is 40.6 Å². The van der Waals surface area contributed by atoms with Crippen LogP contribution in [0.15, 0.2) is 200 Å². The summed E-state index contributed by atoms with van der Waals surface area (Å²) >= 11 is 0. The fraction of sp³-hybridized carbons (Fsp3) is 0.0345. The van der Waals surface area contributed by atoms with Gasteiger partial charge in [0.1, 0.15) is 5.82 Å². The Morgan fingerprint density at radius 2 is 1.02 bits per heavy atom. The molecular formula is C58H37N5. The molecule has 0 aliphatic heterocycles. The molecule has 5 nitrogen and oxygen atoms in total. The lowest BCUT2D eigenvalue weighted by atomic mass is 9.92. The molecule has 1 aliphatic carbocycles. The van der Waals surface area contributed by atoms with Crippen molar-refractivity contribution >= 4 is 93.2 Å². The minimum absolute atomic E-state index is 0.143. The van der Waals surface area contributed by atoms with Gasteiger partial charge in [0.25, 0.3) is 0 Å². The summed E-state index contributed by atoms with van der Waals surface area (Å²) in [5, 5.41) is 11.0. The van der Waals surface area contributed by atoms with Gasteiger partial charge in [0.05, 0.1) is 39.1 Å². The number of hydrogen-bond acceptors (Lipinski definition) is 2. The number of aromatic nitrogens is 5. The molecule has 0 saturated carbocycles. The molecule has 5 heteroatoms. The van der Waals surface area contributed by atoms with Crippen LogP contribution in [0.5, 0.6) is 0 Å². The van der Waals surface area contributed by atoms with Gasteiger partial charge in [-0.05, 0) is 101 Å². The molecule has 4 aromatic heterocycles. The van der Waals surface area contributed by atoms with Gasteiger partial charge in [0, 0.05) is 54.5 Å². The van der Waals surface area contributed by atoms with Gasteiger partial charge in [-0.3, -0.25) is 4.57 Å². The Labute approximate surface area is 362 Å². The van der Waals surface area contributed by atoms with Gasteiger partial charge in [-0.25, -0.2) is 9.97 Å². The minimum atomic E-state index is 0.143. The summed E-state index contributed by atoms with van der Waals surface area (Å²) in [4.78, 5) is 10.8. The van der Waals surface area contributed by atoms with Gasteiger partial charge in [0.15, 0.2) is 5.82 Å². The monoisotopic (exact) mass is 803 g/mol. The summed E-state index contributed by atoms with van der Waals surface area (Å²) in [6.45, 7) is 0. The molecule has 14 rings (SSSR count). The molecule has 0 radical (unpaired) electrons. The van der Waals surface area contributed by atoms with Crippen LogP contribution in [0.3, 0.4) is 0 Å².